The Morgan fingerprint density at radius 3 is 1.28 bits per heavy atom. The third-order valence-corrected chi connectivity index (χ3v) is 20.4. The first-order chi connectivity index (χ1) is 28.6. The third kappa shape index (κ3) is 8.19. The fraction of sp³-hybridized carbons (Fsp3) is 0.226. The zero-order valence-electron chi connectivity index (χ0n) is 33.9. The van der Waals surface area contributed by atoms with Crippen molar-refractivity contribution >= 4 is 46.4 Å². The number of pyridine rings is 1. The first-order valence-electron chi connectivity index (χ1n) is 21.0. The summed E-state index contributed by atoms with van der Waals surface area (Å²) in [5.41, 5.74) is 4.50. The lowest BCUT2D eigenvalue weighted by atomic mass is 10.0. The van der Waals surface area contributed by atoms with Gasteiger partial charge in [-0.3, -0.25) is 0 Å². The molecule has 0 spiro atoms. The van der Waals surface area contributed by atoms with Gasteiger partial charge in [-0.25, -0.2) is 4.98 Å². The molecule has 58 heavy (non-hydrogen) atoms. The Labute approximate surface area is 347 Å². The number of benzene rings is 6. The first-order valence-corrected chi connectivity index (χ1v) is 25.0. The largest absolute Gasteiger partial charge is 0.463 e. The predicted octanol–water partition coefficient (Wildman–Crippen LogP) is 11.0. The predicted molar refractivity (Wildman–Crippen MR) is 249 cm³/mol. The van der Waals surface area contributed by atoms with Crippen LogP contribution in [0.4, 0.5) is 0 Å². The molecule has 0 amide bonds. The summed E-state index contributed by atoms with van der Waals surface area (Å²) in [7, 11) is -4.63. The van der Waals surface area contributed by atoms with Gasteiger partial charge < -0.3 is 9.47 Å². The van der Waals surface area contributed by atoms with Crippen molar-refractivity contribution in [3.05, 3.63) is 205 Å². The summed E-state index contributed by atoms with van der Waals surface area (Å²) in [5.74, 6) is 0.916. The second kappa shape index (κ2) is 18.8. The van der Waals surface area contributed by atoms with E-state index < -0.39 is 14.5 Å². The minimum atomic E-state index is -2.33. The van der Waals surface area contributed by atoms with Crippen LogP contribution in [0, 0.1) is 6.92 Å². The average Bonchev–Trinajstić information content (AvgIpc) is 3.30. The maximum absolute atomic E-state index is 6.92. The Morgan fingerprint density at radius 1 is 0.500 bits per heavy atom. The average molecular weight is 800 g/mol. The van der Waals surface area contributed by atoms with Gasteiger partial charge in [0.15, 0.2) is 6.29 Å². The maximum atomic E-state index is 6.92. The lowest BCUT2D eigenvalue weighted by Gasteiger charge is -2.34. The molecule has 8 rings (SSSR count). The minimum absolute atomic E-state index is 0.269. The normalized spacial score (nSPS) is 14.1. The fourth-order valence-electron chi connectivity index (χ4n) is 8.87. The highest BCUT2D eigenvalue weighted by molar-refractivity contribution is 7.95. The monoisotopic (exact) mass is 799 g/mol. The molecular weight excluding hydrogens is 745 g/mol. The summed E-state index contributed by atoms with van der Waals surface area (Å²) in [6, 6.07) is 67.3. The molecule has 0 aliphatic carbocycles. The van der Waals surface area contributed by atoms with E-state index in [1.54, 1.807) is 0 Å². The van der Waals surface area contributed by atoms with E-state index in [2.05, 4.69) is 196 Å². The number of nitrogens with zero attached hydrogens (tertiary/aromatic N) is 1. The zero-order valence-corrected chi connectivity index (χ0v) is 35.7. The van der Waals surface area contributed by atoms with Crippen molar-refractivity contribution in [1.82, 2.24) is 4.98 Å². The molecule has 292 valence electrons. The number of aryl methyl sites for hydroxylation is 1. The molecule has 1 aliphatic rings. The van der Waals surface area contributed by atoms with Crippen molar-refractivity contribution < 1.29 is 9.47 Å². The molecule has 0 fully saturated rings. The molecule has 1 aromatic heterocycles. The van der Waals surface area contributed by atoms with Gasteiger partial charge in [0.2, 0.25) is 0 Å². The molecule has 0 saturated heterocycles. The van der Waals surface area contributed by atoms with Gasteiger partial charge in [-0.2, -0.15) is 0 Å². The molecule has 0 N–H and O–H groups in total. The highest BCUT2D eigenvalue weighted by atomic mass is 31.2. The van der Waals surface area contributed by atoms with E-state index in [9.17, 15) is 0 Å². The van der Waals surface area contributed by atoms with Gasteiger partial charge in [-0.15, -0.1) is 0 Å². The van der Waals surface area contributed by atoms with E-state index in [0.717, 1.165) is 47.9 Å². The Hall–Kier alpha value is -4.91. The van der Waals surface area contributed by atoms with Gasteiger partial charge in [0.1, 0.15) is 64.4 Å². The molecule has 0 saturated carbocycles. The summed E-state index contributed by atoms with van der Waals surface area (Å²) in [6.07, 6.45) is 8.26. The number of ether oxygens (including phenoxy) is 2. The van der Waals surface area contributed by atoms with E-state index in [-0.39, 0.29) is 6.29 Å². The quantitative estimate of drug-likeness (QED) is 0.0721. The maximum Gasteiger partial charge on any atom is 0.200 e. The second-order valence-electron chi connectivity index (χ2n) is 15.4. The Morgan fingerprint density at radius 2 is 0.879 bits per heavy atom. The molecule has 1 unspecified atom stereocenters. The van der Waals surface area contributed by atoms with Crippen molar-refractivity contribution in [3.63, 3.8) is 0 Å². The topological polar surface area (TPSA) is 31.4 Å². The van der Waals surface area contributed by atoms with Crippen LogP contribution >= 0.6 is 14.5 Å². The van der Waals surface area contributed by atoms with Crippen molar-refractivity contribution in [2.75, 3.05) is 0 Å². The van der Waals surface area contributed by atoms with Crippen LogP contribution in [-0.4, -0.2) is 11.3 Å². The number of fused-ring (bicyclic) bond motifs is 1. The van der Waals surface area contributed by atoms with Crippen molar-refractivity contribution in [2.24, 2.45) is 0 Å². The number of unbranched alkanes of at least 4 members (excludes halogenated alkanes) is 4. The van der Waals surface area contributed by atoms with E-state index in [1.165, 1.54) is 63.1 Å². The van der Waals surface area contributed by atoms with Crippen molar-refractivity contribution in [1.29, 1.82) is 0 Å². The van der Waals surface area contributed by atoms with Crippen LogP contribution in [0.3, 0.4) is 0 Å². The lowest BCUT2D eigenvalue weighted by molar-refractivity contribution is -0.113. The van der Waals surface area contributed by atoms with Gasteiger partial charge in [0.25, 0.3) is 0 Å². The lowest BCUT2D eigenvalue weighted by Crippen LogP contribution is -2.35. The van der Waals surface area contributed by atoms with Crippen LogP contribution in [0.1, 0.15) is 68.0 Å². The molecule has 7 aromatic rings. The van der Waals surface area contributed by atoms with Crippen LogP contribution in [-0.2, 0) is 23.7 Å². The van der Waals surface area contributed by atoms with Gasteiger partial charge in [-0.1, -0.05) is 142 Å². The van der Waals surface area contributed by atoms with Gasteiger partial charge in [0.05, 0.1) is 18.0 Å². The number of rotatable bonds is 16. The summed E-state index contributed by atoms with van der Waals surface area (Å²) >= 11 is 0. The zero-order chi connectivity index (χ0) is 39.6. The molecule has 5 heteroatoms. The van der Waals surface area contributed by atoms with Crippen LogP contribution in [0.5, 0.6) is 5.75 Å². The molecule has 3 nitrogen and oxygen atoms in total. The molecule has 1 atom stereocenters. The minimum Gasteiger partial charge on any atom is -0.463 e. The highest BCUT2D eigenvalue weighted by Gasteiger charge is 2.50. The Kier molecular flexibility index (Phi) is 12.9. The number of aromatic nitrogens is 1. The molecule has 0 bridgehead atoms. The summed E-state index contributed by atoms with van der Waals surface area (Å²) in [4.78, 5) is 5.73. The van der Waals surface area contributed by atoms with Crippen molar-refractivity contribution in [3.8, 4) is 5.75 Å². The van der Waals surface area contributed by atoms with E-state index in [0.29, 0.717) is 6.61 Å². The highest BCUT2D eigenvalue weighted by Crippen LogP contribution is 2.62. The first kappa shape index (κ1) is 39.9. The van der Waals surface area contributed by atoms with Gasteiger partial charge >= 0.3 is 0 Å². The Balaban J connectivity index is 1.37. The van der Waals surface area contributed by atoms with Crippen molar-refractivity contribution in [2.45, 2.75) is 77.6 Å². The molecule has 6 aromatic carbocycles. The fourth-order valence-corrected chi connectivity index (χ4v) is 17.4. The van der Waals surface area contributed by atoms with Crippen LogP contribution < -0.4 is 36.6 Å². The van der Waals surface area contributed by atoms with E-state index in [1.807, 2.05) is 0 Å². The standard InChI is InChI=1S/C53H55NO2P2/c1-3-4-5-6-25-38-52-55-39-49-50(40-57(43-26-13-7-14-27-43,44-28-15-8-16-29-44)45-30-17-9-18-31-45)51(54-42(2)53(49)56-52)41-58(46-32-19-10-20-33-46,47-34-21-11-22-35-47)48-36-23-12-24-37-48/h7-24,26-37,52H,3-6,25,38-41H2,1-2H3/q+2. The smallest absolute Gasteiger partial charge is 0.200 e. The number of hydrogen-bond donors (Lipinski definition) is 0. The third-order valence-electron chi connectivity index (χ3n) is 11.8. The molecule has 2 heterocycles. The second-order valence-corrected chi connectivity index (χ2v) is 22.4. The Bertz CT molecular complexity index is 2150. The molecular formula is C53H55NO2P2+2. The van der Waals surface area contributed by atoms with Crippen LogP contribution in [0.15, 0.2) is 182 Å². The summed E-state index contributed by atoms with van der Waals surface area (Å²) in [6.45, 7) is 4.92. The molecule has 0 radical (unpaired) electrons. The van der Waals surface area contributed by atoms with E-state index in [4.69, 9.17) is 14.5 Å². The van der Waals surface area contributed by atoms with Crippen LogP contribution in [0.2, 0.25) is 0 Å². The van der Waals surface area contributed by atoms with Gasteiger partial charge in [-0.05, 0) is 86.1 Å². The van der Waals surface area contributed by atoms with Crippen LogP contribution in [0.25, 0.3) is 0 Å². The number of hydrogen-bond acceptors (Lipinski definition) is 3. The SMILES string of the molecule is CCCCCCCC1OCc2c(C[P+](c3ccccc3)(c3ccccc3)c3ccccc3)c(C[P+](c3ccccc3)(c3ccccc3)c3ccccc3)nc(C)c2O1. The molecule has 1 aliphatic heterocycles. The summed E-state index contributed by atoms with van der Waals surface area (Å²) in [5, 5.41) is 8.10. The van der Waals surface area contributed by atoms with Gasteiger partial charge in [0, 0.05) is 17.5 Å². The van der Waals surface area contributed by atoms with E-state index >= 15 is 0 Å². The summed E-state index contributed by atoms with van der Waals surface area (Å²) < 4.78 is 13.7.